The molecule has 3 heteroatoms. The molecule has 18 heavy (non-hydrogen) atoms. The summed E-state index contributed by atoms with van der Waals surface area (Å²) in [6.07, 6.45) is 0. The first kappa shape index (κ1) is 12.3. The number of hydrogen-bond acceptors (Lipinski definition) is 1. The molecule has 0 aromatic heterocycles. The van der Waals surface area contributed by atoms with E-state index >= 15 is 0 Å². The molecule has 0 bridgehead atoms. The van der Waals surface area contributed by atoms with E-state index < -0.39 is 0 Å². The molecule has 0 aliphatic carbocycles. The highest BCUT2D eigenvalue weighted by molar-refractivity contribution is 5.38. The van der Waals surface area contributed by atoms with Gasteiger partial charge in [0, 0.05) is 17.7 Å². The zero-order chi connectivity index (χ0) is 13.0. The molecule has 0 spiro atoms. The minimum absolute atomic E-state index is 0.228. The fourth-order valence-electron chi connectivity index (χ4n) is 1.57. The fourth-order valence-corrected chi connectivity index (χ4v) is 1.57. The van der Waals surface area contributed by atoms with Gasteiger partial charge < -0.3 is 4.74 Å². The van der Waals surface area contributed by atoms with Crippen LogP contribution >= 0.6 is 0 Å². The molecule has 2 rings (SSSR count). The first-order chi connectivity index (χ1) is 8.66. The largest absolute Gasteiger partial charge is 0.489 e. The Kier molecular flexibility index (Phi) is 3.72. The van der Waals surface area contributed by atoms with Gasteiger partial charge in [-0.2, -0.15) is 0 Å². The van der Waals surface area contributed by atoms with Crippen molar-refractivity contribution < 1.29 is 13.7 Å². The lowest BCUT2D eigenvalue weighted by atomic mass is 10.2. The molecule has 2 aromatic carbocycles. The van der Waals surface area contributed by atoms with Crippen LogP contribution < -0.4 is 4.74 Å². The van der Waals surface area contributed by atoms with Crippen molar-refractivity contribution in [2.45, 2.75) is 6.61 Å². The summed E-state index contributed by atoms with van der Waals surface area (Å²) in [5.41, 5.74) is 1.55. The van der Waals surface area contributed by atoms with Crippen LogP contribution in [0.25, 0.3) is 0 Å². The average molecular weight is 244 g/mol. The van der Waals surface area contributed by atoms with Crippen molar-refractivity contribution >= 4 is 12.4 Å². The lowest BCUT2D eigenvalue weighted by molar-refractivity contribution is -0.394. The van der Waals surface area contributed by atoms with Crippen molar-refractivity contribution in [3.05, 3.63) is 59.9 Å². The van der Waals surface area contributed by atoms with Crippen molar-refractivity contribution in [1.82, 2.24) is 0 Å². The Morgan fingerprint density at radius 3 is 2.39 bits per heavy atom. The molecule has 0 unspecified atom stereocenters. The van der Waals surface area contributed by atoms with E-state index in [1.54, 1.807) is 22.8 Å². The highest BCUT2D eigenvalue weighted by Crippen LogP contribution is 2.18. The summed E-state index contributed by atoms with van der Waals surface area (Å²) < 4.78 is 20.7. The van der Waals surface area contributed by atoms with E-state index in [2.05, 4.69) is 6.72 Å². The average Bonchev–Trinajstić information content (AvgIpc) is 2.38. The molecular weight excluding hydrogens is 229 g/mol. The zero-order valence-corrected chi connectivity index (χ0v) is 10.3. The topological polar surface area (TPSA) is 12.2 Å². The van der Waals surface area contributed by atoms with Crippen molar-refractivity contribution in [1.29, 1.82) is 0 Å². The van der Waals surface area contributed by atoms with Gasteiger partial charge in [0.1, 0.15) is 31.9 Å². The van der Waals surface area contributed by atoms with Crippen LogP contribution in [0.4, 0.5) is 10.1 Å². The number of halogens is 1. The molecular formula is C15H15FNO+. The summed E-state index contributed by atoms with van der Waals surface area (Å²) >= 11 is 0. The Balaban J connectivity index is 2.02. The summed E-state index contributed by atoms with van der Waals surface area (Å²) in [4.78, 5) is 0. The van der Waals surface area contributed by atoms with E-state index in [0.29, 0.717) is 11.3 Å². The number of rotatable bonds is 4. The van der Waals surface area contributed by atoms with Gasteiger partial charge in [0.2, 0.25) is 5.69 Å². The van der Waals surface area contributed by atoms with Crippen LogP contribution in [0.2, 0.25) is 0 Å². The van der Waals surface area contributed by atoms with E-state index in [1.807, 2.05) is 31.3 Å². The van der Waals surface area contributed by atoms with Gasteiger partial charge in [-0.1, -0.05) is 18.2 Å². The molecule has 2 aromatic rings. The summed E-state index contributed by atoms with van der Waals surface area (Å²) in [6, 6.07) is 14.1. The van der Waals surface area contributed by atoms with E-state index in [-0.39, 0.29) is 12.4 Å². The van der Waals surface area contributed by atoms with Crippen LogP contribution in [-0.2, 0) is 6.61 Å². The molecule has 0 amide bonds. The van der Waals surface area contributed by atoms with Gasteiger partial charge in [-0.05, 0) is 18.2 Å². The van der Waals surface area contributed by atoms with E-state index in [1.165, 1.54) is 6.07 Å². The van der Waals surface area contributed by atoms with Crippen LogP contribution in [0.15, 0.2) is 48.5 Å². The summed E-state index contributed by atoms with van der Waals surface area (Å²) in [6.45, 7) is 4.01. The van der Waals surface area contributed by atoms with Crippen LogP contribution in [0.3, 0.4) is 0 Å². The quantitative estimate of drug-likeness (QED) is 0.593. The predicted molar refractivity (Wildman–Crippen MR) is 70.1 cm³/mol. The van der Waals surface area contributed by atoms with Crippen LogP contribution in [0, 0.1) is 5.82 Å². The van der Waals surface area contributed by atoms with E-state index in [9.17, 15) is 4.39 Å². The number of hydrogen-bond donors (Lipinski definition) is 0. The van der Waals surface area contributed by atoms with Crippen molar-refractivity contribution in [3.63, 3.8) is 0 Å². The van der Waals surface area contributed by atoms with Crippen LogP contribution in [0.1, 0.15) is 5.56 Å². The molecule has 92 valence electrons. The standard InChI is InChI=1S/C15H15FNO/c1-17(2)13-7-9-14(10-8-13)18-11-12-5-3-4-6-15(12)16/h3-10H,1,11H2,2H3/q+1. The normalized spacial score (nSPS) is 10.1. The minimum Gasteiger partial charge on any atom is -0.489 e. The molecule has 0 fully saturated rings. The second-order valence-electron chi connectivity index (χ2n) is 4.07. The maximum absolute atomic E-state index is 13.4. The molecule has 0 radical (unpaired) electrons. The monoisotopic (exact) mass is 244 g/mol. The second-order valence-corrected chi connectivity index (χ2v) is 4.07. The highest BCUT2D eigenvalue weighted by Gasteiger charge is 2.03. The first-order valence-corrected chi connectivity index (χ1v) is 5.67. The van der Waals surface area contributed by atoms with Gasteiger partial charge in [-0.15, -0.1) is 0 Å². The third-order valence-corrected chi connectivity index (χ3v) is 2.63. The molecule has 2 nitrogen and oxygen atoms in total. The summed E-state index contributed by atoms with van der Waals surface area (Å²) in [5, 5.41) is 0. The van der Waals surface area contributed by atoms with Crippen molar-refractivity contribution in [3.8, 4) is 5.75 Å². The fraction of sp³-hybridized carbons (Fsp3) is 0.133. The molecule has 0 saturated carbocycles. The van der Waals surface area contributed by atoms with E-state index in [0.717, 1.165) is 5.69 Å². The second kappa shape index (κ2) is 5.45. The number of ether oxygens (including phenoxy) is 1. The lowest BCUT2D eigenvalue weighted by Crippen LogP contribution is -1.98. The van der Waals surface area contributed by atoms with E-state index in [4.69, 9.17) is 4.74 Å². The Hall–Kier alpha value is -2.16. The summed E-state index contributed by atoms with van der Waals surface area (Å²) in [5.74, 6) is 0.468. The van der Waals surface area contributed by atoms with Gasteiger partial charge in [0.05, 0.1) is 0 Å². The highest BCUT2D eigenvalue weighted by atomic mass is 19.1. The Morgan fingerprint density at radius 1 is 1.11 bits per heavy atom. The Morgan fingerprint density at radius 2 is 1.78 bits per heavy atom. The van der Waals surface area contributed by atoms with Gasteiger partial charge in [0.15, 0.2) is 0 Å². The molecule has 0 atom stereocenters. The van der Waals surface area contributed by atoms with Crippen molar-refractivity contribution in [2.75, 3.05) is 7.05 Å². The molecule has 0 aliphatic rings. The maximum atomic E-state index is 13.4. The van der Waals surface area contributed by atoms with Gasteiger partial charge in [-0.25, -0.2) is 8.97 Å². The molecule has 0 aliphatic heterocycles. The van der Waals surface area contributed by atoms with Crippen LogP contribution in [0.5, 0.6) is 5.75 Å². The van der Waals surface area contributed by atoms with Crippen molar-refractivity contribution in [2.24, 2.45) is 0 Å². The van der Waals surface area contributed by atoms with Gasteiger partial charge in [-0.3, -0.25) is 0 Å². The minimum atomic E-state index is -0.244. The number of nitrogens with zero attached hydrogens (tertiary/aromatic N) is 1. The van der Waals surface area contributed by atoms with Gasteiger partial charge in [0.25, 0.3) is 0 Å². The predicted octanol–water partition coefficient (Wildman–Crippen LogP) is 3.38. The zero-order valence-electron chi connectivity index (χ0n) is 10.3. The maximum Gasteiger partial charge on any atom is 0.204 e. The smallest absolute Gasteiger partial charge is 0.204 e. The lowest BCUT2D eigenvalue weighted by Gasteiger charge is -2.06. The molecule has 0 N–H and O–H groups in total. The Labute approximate surface area is 106 Å². The number of benzene rings is 2. The molecule has 0 saturated heterocycles. The molecule has 0 heterocycles. The SMILES string of the molecule is C=[N+](C)c1ccc(OCc2ccccc2F)cc1. The van der Waals surface area contributed by atoms with Crippen LogP contribution in [-0.4, -0.2) is 18.3 Å². The third kappa shape index (κ3) is 2.94. The first-order valence-electron chi connectivity index (χ1n) is 5.67. The third-order valence-electron chi connectivity index (χ3n) is 2.63. The van der Waals surface area contributed by atoms with Gasteiger partial charge >= 0.3 is 0 Å². The Bertz CT molecular complexity index is 549. The summed E-state index contributed by atoms with van der Waals surface area (Å²) in [7, 11) is 1.87.